The van der Waals surface area contributed by atoms with Crippen LogP contribution in [0.2, 0.25) is 0 Å². The zero-order valence-corrected chi connectivity index (χ0v) is 16.7. The van der Waals surface area contributed by atoms with Crippen molar-refractivity contribution in [3.63, 3.8) is 0 Å². The second-order valence-corrected chi connectivity index (χ2v) is 9.71. The van der Waals surface area contributed by atoms with Gasteiger partial charge in [0.1, 0.15) is 0 Å². The van der Waals surface area contributed by atoms with E-state index in [0.29, 0.717) is 19.5 Å². The molecule has 4 rings (SSSR count). The first-order valence-electron chi connectivity index (χ1n) is 9.67. The summed E-state index contributed by atoms with van der Waals surface area (Å²) in [6.45, 7) is 1.37. The number of hydrogen-bond acceptors (Lipinski definition) is 2. The normalized spacial score (nSPS) is 16.9. The van der Waals surface area contributed by atoms with Crippen LogP contribution in [-0.4, -0.2) is 24.8 Å². The van der Waals surface area contributed by atoms with E-state index in [4.69, 9.17) is 0 Å². The van der Waals surface area contributed by atoms with Crippen molar-refractivity contribution >= 4 is 18.8 Å². The molecule has 4 nitrogen and oxygen atoms in total. The summed E-state index contributed by atoms with van der Waals surface area (Å²) < 4.78 is 19.0. The van der Waals surface area contributed by atoms with Gasteiger partial charge in [-0.2, -0.15) is 0 Å². The molecule has 0 aromatic heterocycles. The van der Waals surface area contributed by atoms with Crippen LogP contribution in [-0.2, 0) is 4.57 Å². The molecule has 0 amide bonds. The number of aliphatic hydroxyl groups excluding tert-OH is 1. The minimum atomic E-state index is -3.08. The lowest BCUT2D eigenvalue weighted by atomic mass is 10.1. The molecule has 3 aromatic rings. The lowest BCUT2D eigenvalue weighted by molar-refractivity contribution is 0.285. The van der Waals surface area contributed by atoms with E-state index in [1.807, 2.05) is 91.0 Å². The van der Waals surface area contributed by atoms with Crippen LogP contribution in [0.1, 0.15) is 17.6 Å². The second kappa shape index (κ2) is 8.22. The Morgan fingerprint density at radius 2 is 1.18 bits per heavy atom. The maximum atomic E-state index is 14.9. The van der Waals surface area contributed by atoms with Gasteiger partial charge in [-0.1, -0.05) is 66.7 Å². The van der Waals surface area contributed by atoms with Crippen LogP contribution in [0, 0.1) is 0 Å². The van der Waals surface area contributed by atoms with Crippen LogP contribution >= 0.6 is 7.44 Å². The Kier molecular flexibility index (Phi) is 5.52. The Morgan fingerprint density at radius 1 is 0.750 bits per heavy atom. The maximum Gasteiger partial charge on any atom is 0.270 e. The van der Waals surface area contributed by atoms with Crippen LogP contribution in [0.4, 0.5) is 11.4 Å². The summed E-state index contributed by atoms with van der Waals surface area (Å²) in [4.78, 5) is 0. The third-order valence-corrected chi connectivity index (χ3v) is 8.93. The van der Waals surface area contributed by atoms with Gasteiger partial charge in [0, 0.05) is 31.1 Å². The summed E-state index contributed by atoms with van der Waals surface area (Å²) in [5, 5.41) is 9.83. The minimum Gasteiger partial charge on any atom is -0.396 e. The molecule has 1 unspecified atom stereocenters. The predicted molar refractivity (Wildman–Crippen MR) is 116 cm³/mol. The molecule has 0 spiro atoms. The number of anilines is 2. The van der Waals surface area contributed by atoms with Crippen LogP contribution in [0.25, 0.3) is 0 Å². The average molecular weight is 392 g/mol. The number of aliphatic hydroxyl groups is 1. The summed E-state index contributed by atoms with van der Waals surface area (Å²) in [6, 6.07) is 29.9. The van der Waals surface area contributed by atoms with Gasteiger partial charge < -0.3 is 14.4 Å². The monoisotopic (exact) mass is 392 g/mol. The Morgan fingerprint density at radius 3 is 1.61 bits per heavy atom. The molecule has 1 heterocycles. The fraction of sp³-hybridized carbons (Fsp3) is 0.217. The number of nitrogens with zero attached hydrogens (tertiary/aromatic N) is 2. The molecule has 5 heteroatoms. The van der Waals surface area contributed by atoms with Crippen molar-refractivity contribution in [1.29, 1.82) is 0 Å². The molecule has 0 saturated carbocycles. The highest BCUT2D eigenvalue weighted by molar-refractivity contribution is 7.68. The summed E-state index contributed by atoms with van der Waals surface area (Å²) in [5.74, 6) is 0. The van der Waals surface area contributed by atoms with E-state index >= 15 is 0 Å². The molecule has 0 radical (unpaired) electrons. The molecule has 144 valence electrons. The number of benzene rings is 3. The van der Waals surface area contributed by atoms with Crippen LogP contribution < -0.4 is 9.34 Å². The molecule has 1 atom stereocenters. The SMILES string of the molecule is O=P1(C(CCO)c2ccccc2)N(c2ccccc2)CCN1c1ccccc1. The van der Waals surface area contributed by atoms with E-state index in [-0.39, 0.29) is 12.3 Å². The van der Waals surface area contributed by atoms with Crippen LogP contribution in [0.5, 0.6) is 0 Å². The van der Waals surface area contributed by atoms with Crippen molar-refractivity contribution in [2.24, 2.45) is 0 Å². The third-order valence-electron chi connectivity index (χ3n) is 5.32. The third kappa shape index (κ3) is 3.34. The lowest BCUT2D eigenvalue weighted by Gasteiger charge is -2.38. The molecule has 1 aliphatic heterocycles. The standard InChI is InChI=1S/C23H25N2O2P/c26-19-16-23(20-10-4-1-5-11-20)28(27)24(21-12-6-2-7-13-21)17-18-25(28)22-14-8-3-9-15-22/h1-15,23,26H,16-19H2. The van der Waals surface area contributed by atoms with E-state index in [0.717, 1.165) is 16.9 Å². The van der Waals surface area contributed by atoms with Gasteiger partial charge in [0.2, 0.25) is 0 Å². The highest BCUT2D eigenvalue weighted by atomic mass is 31.2. The Bertz CT molecular complexity index is 883. The maximum absolute atomic E-state index is 14.9. The predicted octanol–water partition coefficient (Wildman–Crippen LogP) is 5.33. The molecular weight excluding hydrogens is 367 g/mol. The largest absolute Gasteiger partial charge is 0.396 e. The molecule has 1 aliphatic rings. The summed E-state index contributed by atoms with van der Waals surface area (Å²) in [7, 11) is -3.08. The molecule has 1 saturated heterocycles. The molecular formula is C23H25N2O2P. The Hall–Kier alpha value is -2.55. The van der Waals surface area contributed by atoms with Crippen molar-refractivity contribution in [3.8, 4) is 0 Å². The molecule has 3 aromatic carbocycles. The molecule has 28 heavy (non-hydrogen) atoms. The van der Waals surface area contributed by atoms with E-state index in [2.05, 4.69) is 9.34 Å². The first-order chi connectivity index (χ1) is 13.7. The smallest absolute Gasteiger partial charge is 0.270 e. The molecule has 1 N–H and O–H groups in total. The average Bonchev–Trinajstić information content (AvgIpc) is 3.11. The quantitative estimate of drug-likeness (QED) is 0.576. The molecule has 0 aliphatic carbocycles. The Balaban J connectivity index is 1.86. The zero-order valence-electron chi connectivity index (χ0n) is 15.8. The first kappa shape index (κ1) is 18.8. The van der Waals surface area contributed by atoms with Crippen LogP contribution in [0.3, 0.4) is 0 Å². The minimum absolute atomic E-state index is 0.00515. The van der Waals surface area contributed by atoms with Gasteiger partial charge in [-0.25, -0.2) is 0 Å². The number of para-hydroxylation sites is 2. The molecule has 0 bridgehead atoms. The van der Waals surface area contributed by atoms with E-state index in [9.17, 15) is 9.67 Å². The van der Waals surface area contributed by atoms with Gasteiger partial charge in [-0.05, 0) is 36.2 Å². The van der Waals surface area contributed by atoms with Gasteiger partial charge in [0.15, 0.2) is 0 Å². The topological polar surface area (TPSA) is 43.8 Å². The molecule has 1 fully saturated rings. The fourth-order valence-corrected chi connectivity index (χ4v) is 7.69. The number of rotatable bonds is 6. The first-order valence-corrected chi connectivity index (χ1v) is 11.3. The van der Waals surface area contributed by atoms with Gasteiger partial charge in [0.25, 0.3) is 7.44 Å². The lowest BCUT2D eigenvalue weighted by Crippen LogP contribution is -2.24. The zero-order chi connectivity index (χ0) is 19.4. The summed E-state index contributed by atoms with van der Waals surface area (Å²) in [5.41, 5.74) is 2.65. The summed E-state index contributed by atoms with van der Waals surface area (Å²) >= 11 is 0. The summed E-state index contributed by atoms with van der Waals surface area (Å²) in [6.07, 6.45) is 0.452. The van der Waals surface area contributed by atoms with Crippen molar-refractivity contribution in [1.82, 2.24) is 0 Å². The van der Waals surface area contributed by atoms with Gasteiger partial charge in [-0.3, -0.25) is 4.57 Å². The van der Waals surface area contributed by atoms with E-state index in [1.54, 1.807) is 0 Å². The fourth-order valence-electron chi connectivity index (χ4n) is 4.06. The van der Waals surface area contributed by atoms with Crippen molar-refractivity contribution in [2.45, 2.75) is 12.1 Å². The Labute approximate surface area is 166 Å². The highest BCUT2D eigenvalue weighted by Crippen LogP contribution is 2.69. The van der Waals surface area contributed by atoms with Gasteiger partial charge in [-0.15, -0.1) is 0 Å². The van der Waals surface area contributed by atoms with Crippen LogP contribution in [0.15, 0.2) is 91.0 Å². The van der Waals surface area contributed by atoms with Crippen molar-refractivity contribution in [2.75, 3.05) is 29.0 Å². The second-order valence-electron chi connectivity index (χ2n) is 6.95. The van der Waals surface area contributed by atoms with Gasteiger partial charge in [0.05, 0.1) is 5.66 Å². The van der Waals surface area contributed by atoms with E-state index in [1.165, 1.54) is 0 Å². The van der Waals surface area contributed by atoms with Gasteiger partial charge >= 0.3 is 0 Å². The number of hydrogen-bond donors (Lipinski definition) is 1. The highest BCUT2D eigenvalue weighted by Gasteiger charge is 2.49. The van der Waals surface area contributed by atoms with Crippen molar-refractivity contribution < 1.29 is 9.67 Å². The van der Waals surface area contributed by atoms with E-state index < -0.39 is 7.44 Å². The van der Waals surface area contributed by atoms with Crippen molar-refractivity contribution in [3.05, 3.63) is 96.6 Å².